The van der Waals surface area contributed by atoms with Crippen molar-refractivity contribution >= 4 is 9.84 Å². The van der Waals surface area contributed by atoms with Crippen molar-refractivity contribution in [1.82, 2.24) is 5.32 Å². The first-order valence-corrected chi connectivity index (χ1v) is 8.80. The molecule has 0 amide bonds. The minimum Gasteiger partial charge on any atom is -0.309 e. The van der Waals surface area contributed by atoms with Crippen LogP contribution in [0.1, 0.15) is 44.4 Å². The van der Waals surface area contributed by atoms with E-state index in [1.54, 1.807) is 13.8 Å². The zero-order chi connectivity index (χ0) is 16.4. The van der Waals surface area contributed by atoms with Crippen molar-refractivity contribution in [3.8, 4) is 0 Å². The summed E-state index contributed by atoms with van der Waals surface area (Å²) in [6.45, 7) is 7.10. The number of nitrogens with one attached hydrogen (secondary N) is 1. The average Bonchev–Trinajstić information content (AvgIpc) is 2.34. The van der Waals surface area contributed by atoms with E-state index in [2.05, 4.69) is 5.32 Å². The van der Waals surface area contributed by atoms with Gasteiger partial charge in [-0.15, -0.1) is 0 Å². The number of rotatable bonds is 6. The van der Waals surface area contributed by atoms with Gasteiger partial charge >= 0.3 is 0 Å². The molecule has 0 aliphatic carbocycles. The van der Waals surface area contributed by atoms with Crippen molar-refractivity contribution in [2.24, 2.45) is 0 Å². The van der Waals surface area contributed by atoms with E-state index in [0.29, 0.717) is 12.1 Å². The molecule has 1 aromatic rings. The van der Waals surface area contributed by atoms with Crippen molar-refractivity contribution in [1.29, 1.82) is 0 Å². The van der Waals surface area contributed by atoms with Crippen molar-refractivity contribution < 1.29 is 17.2 Å². The molecule has 0 aromatic heterocycles. The molecule has 1 N–H and O–H groups in total. The number of hydrogen-bond acceptors (Lipinski definition) is 3. The third kappa shape index (κ3) is 3.80. The Morgan fingerprint density at radius 1 is 1.24 bits per heavy atom. The molecule has 1 aromatic carbocycles. The Balaban J connectivity index is 3.43. The van der Waals surface area contributed by atoms with Crippen molar-refractivity contribution in [2.45, 2.75) is 44.9 Å². The molecule has 1 atom stereocenters. The molecule has 0 saturated heterocycles. The molecular formula is C15H23F2NO2S. The number of halogens is 2. The highest BCUT2D eigenvalue weighted by Crippen LogP contribution is 2.34. The normalized spacial score (nSPS) is 14.2. The predicted molar refractivity (Wildman–Crippen MR) is 81.1 cm³/mol. The molecule has 0 spiro atoms. The van der Waals surface area contributed by atoms with Crippen LogP contribution < -0.4 is 5.32 Å². The van der Waals surface area contributed by atoms with Gasteiger partial charge in [0.1, 0.15) is 11.6 Å². The largest absolute Gasteiger partial charge is 0.309 e. The highest BCUT2D eigenvalue weighted by Gasteiger charge is 2.41. The molecule has 0 fully saturated rings. The maximum atomic E-state index is 14.2. The zero-order valence-corrected chi connectivity index (χ0v) is 13.9. The Morgan fingerprint density at radius 3 is 2.29 bits per heavy atom. The maximum Gasteiger partial charge on any atom is 0.154 e. The van der Waals surface area contributed by atoms with Crippen LogP contribution >= 0.6 is 0 Å². The molecule has 0 aliphatic rings. The van der Waals surface area contributed by atoms with E-state index in [-0.39, 0.29) is 5.56 Å². The number of benzene rings is 1. The first-order valence-electron chi connectivity index (χ1n) is 6.91. The lowest BCUT2D eigenvalue weighted by atomic mass is 9.93. The summed E-state index contributed by atoms with van der Waals surface area (Å²) in [7, 11) is -3.44. The van der Waals surface area contributed by atoms with Crippen molar-refractivity contribution in [3.63, 3.8) is 0 Å². The molecule has 0 bridgehead atoms. The molecule has 1 unspecified atom stereocenters. The third-order valence-corrected chi connectivity index (χ3v) is 5.99. The van der Waals surface area contributed by atoms with Crippen LogP contribution in [0.3, 0.4) is 0 Å². The van der Waals surface area contributed by atoms with Gasteiger partial charge in [-0.25, -0.2) is 17.2 Å². The summed E-state index contributed by atoms with van der Waals surface area (Å²) >= 11 is 0. The van der Waals surface area contributed by atoms with Gasteiger partial charge in [0.05, 0.1) is 10.8 Å². The van der Waals surface area contributed by atoms with Gasteiger partial charge < -0.3 is 5.32 Å². The fourth-order valence-electron chi connectivity index (χ4n) is 2.13. The first kappa shape index (κ1) is 18.0. The van der Waals surface area contributed by atoms with Gasteiger partial charge in [-0.2, -0.15) is 0 Å². The van der Waals surface area contributed by atoms with Gasteiger partial charge in [-0.3, -0.25) is 0 Å². The number of aryl methyl sites for hydroxylation is 1. The molecule has 120 valence electrons. The maximum absolute atomic E-state index is 14.2. The lowest BCUT2D eigenvalue weighted by molar-refractivity contribution is 0.404. The van der Waals surface area contributed by atoms with Crippen molar-refractivity contribution in [3.05, 3.63) is 34.9 Å². The molecule has 6 heteroatoms. The Bertz CT molecular complexity index is 612. The van der Waals surface area contributed by atoms with Gasteiger partial charge in [0.15, 0.2) is 9.84 Å². The predicted octanol–water partition coefficient (Wildman–Crippen LogP) is 3.14. The fraction of sp³-hybridized carbons (Fsp3) is 0.600. The fourth-order valence-corrected chi connectivity index (χ4v) is 2.77. The summed E-state index contributed by atoms with van der Waals surface area (Å²) in [5.41, 5.74) is 0.469. The lowest BCUT2D eigenvalue weighted by Crippen LogP contribution is -2.45. The molecule has 0 heterocycles. The van der Waals surface area contributed by atoms with Crippen LogP contribution in [-0.2, 0) is 9.84 Å². The molecular weight excluding hydrogens is 296 g/mol. The third-order valence-electron chi connectivity index (χ3n) is 3.84. The van der Waals surface area contributed by atoms with E-state index in [4.69, 9.17) is 0 Å². The second kappa shape index (κ2) is 6.40. The van der Waals surface area contributed by atoms with E-state index in [1.165, 1.54) is 13.0 Å². The monoisotopic (exact) mass is 319 g/mol. The smallest absolute Gasteiger partial charge is 0.154 e. The number of hydrogen-bond donors (Lipinski definition) is 1. The van der Waals surface area contributed by atoms with Crippen LogP contribution in [0.25, 0.3) is 0 Å². The highest BCUT2D eigenvalue weighted by atomic mass is 32.2. The summed E-state index contributed by atoms with van der Waals surface area (Å²) in [6, 6.07) is 1.45. The minimum absolute atomic E-state index is 0.178. The Labute approximate surface area is 125 Å². The van der Waals surface area contributed by atoms with Crippen LogP contribution in [0.2, 0.25) is 0 Å². The Hall–Kier alpha value is -1.01. The standard InChI is InChI=1S/C15H23F2NO2S/c1-6-7-18-14(15(3,4)21(5,19)20)11-8-10(2)12(16)9-13(11)17/h8-9,14,18H,6-7H2,1-5H3. The molecule has 0 saturated carbocycles. The van der Waals surface area contributed by atoms with E-state index >= 15 is 0 Å². The molecule has 3 nitrogen and oxygen atoms in total. The van der Waals surface area contributed by atoms with Gasteiger partial charge in [-0.1, -0.05) is 6.92 Å². The van der Waals surface area contributed by atoms with Gasteiger partial charge in [0.2, 0.25) is 0 Å². The second-order valence-corrected chi connectivity index (χ2v) is 8.48. The Morgan fingerprint density at radius 2 is 1.81 bits per heavy atom. The summed E-state index contributed by atoms with van der Waals surface area (Å²) in [5, 5.41) is 3.08. The van der Waals surface area contributed by atoms with Gasteiger partial charge in [0, 0.05) is 17.9 Å². The summed E-state index contributed by atoms with van der Waals surface area (Å²) in [4.78, 5) is 0. The summed E-state index contributed by atoms with van der Waals surface area (Å²) in [6.07, 6.45) is 1.90. The van der Waals surface area contributed by atoms with E-state index in [0.717, 1.165) is 18.7 Å². The molecule has 0 radical (unpaired) electrons. The first-order chi connectivity index (χ1) is 9.52. The van der Waals surface area contributed by atoms with Gasteiger partial charge in [-0.05, 0) is 45.4 Å². The van der Waals surface area contributed by atoms with Gasteiger partial charge in [0.25, 0.3) is 0 Å². The van der Waals surface area contributed by atoms with Crippen LogP contribution in [0.5, 0.6) is 0 Å². The minimum atomic E-state index is -3.44. The van der Waals surface area contributed by atoms with Crippen molar-refractivity contribution in [2.75, 3.05) is 12.8 Å². The van der Waals surface area contributed by atoms with E-state index in [9.17, 15) is 17.2 Å². The SMILES string of the molecule is CCCNC(c1cc(C)c(F)cc1F)C(C)(C)S(C)(=O)=O. The zero-order valence-electron chi connectivity index (χ0n) is 13.1. The topological polar surface area (TPSA) is 46.2 Å². The summed E-state index contributed by atoms with van der Waals surface area (Å²) in [5.74, 6) is -1.37. The molecule has 21 heavy (non-hydrogen) atoms. The van der Waals surface area contributed by atoms with Crippen LogP contribution in [0, 0.1) is 18.6 Å². The second-order valence-electron chi connectivity index (χ2n) is 5.89. The van der Waals surface area contributed by atoms with E-state index < -0.39 is 32.3 Å². The highest BCUT2D eigenvalue weighted by molar-refractivity contribution is 7.92. The molecule has 1 rings (SSSR count). The van der Waals surface area contributed by atoms with E-state index in [1.807, 2.05) is 6.92 Å². The average molecular weight is 319 g/mol. The lowest BCUT2D eigenvalue weighted by Gasteiger charge is -2.34. The molecule has 0 aliphatic heterocycles. The number of sulfone groups is 1. The van der Waals surface area contributed by atoms with Crippen LogP contribution in [0.4, 0.5) is 8.78 Å². The quantitative estimate of drug-likeness (QED) is 0.876. The van der Waals surface area contributed by atoms with Crippen LogP contribution in [0.15, 0.2) is 12.1 Å². The summed E-state index contributed by atoms with van der Waals surface area (Å²) < 4.78 is 50.5. The Kier molecular flexibility index (Phi) is 5.50. The van der Waals surface area contributed by atoms with Crippen LogP contribution in [-0.4, -0.2) is 26.0 Å².